The lowest BCUT2D eigenvalue weighted by Crippen LogP contribution is -2.42. The highest BCUT2D eigenvalue weighted by molar-refractivity contribution is 9.18. The number of aromatic hydroxyl groups is 1. The van der Waals surface area contributed by atoms with Crippen LogP contribution in [0.4, 0.5) is 8.78 Å². The SMILES string of the molecule is C[C@]12CCC3c4ccc(O)cc4CCC3C1C(CCCC(=O)Br)CC2=C(F)F. The summed E-state index contributed by atoms with van der Waals surface area (Å²) < 4.78 is 27.7. The van der Waals surface area contributed by atoms with Gasteiger partial charge in [0, 0.05) is 12.0 Å². The Morgan fingerprint density at radius 3 is 2.82 bits per heavy atom. The molecule has 0 aromatic heterocycles. The molecular weight excluding hydrogens is 426 g/mol. The van der Waals surface area contributed by atoms with Crippen LogP contribution in [0, 0.1) is 23.2 Å². The quantitative estimate of drug-likeness (QED) is 0.514. The number of benzene rings is 1. The minimum Gasteiger partial charge on any atom is -0.508 e. The van der Waals surface area contributed by atoms with E-state index in [0.29, 0.717) is 36.0 Å². The number of carbonyl (C=O) groups excluding carboxylic acids is 1. The monoisotopic (exact) mass is 452 g/mol. The number of hydrogen-bond acceptors (Lipinski definition) is 2. The van der Waals surface area contributed by atoms with Gasteiger partial charge < -0.3 is 5.11 Å². The topological polar surface area (TPSA) is 37.3 Å². The van der Waals surface area contributed by atoms with Crippen molar-refractivity contribution >= 4 is 20.6 Å². The Balaban J connectivity index is 1.67. The lowest BCUT2D eigenvalue weighted by atomic mass is 9.53. The number of fused-ring (bicyclic) bond motifs is 5. The van der Waals surface area contributed by atoms with Crippen LogP contribution in [0.1, 0.15) is 68.9 Å². The molecule has 4 rings (SSSR count). The molecule has 152 valence electrons. The van der Waals surface area contributed by atoms with Gasteiger partial charge in [-0.05, 0) is 113 Å². The van der Waals surface area contributed by atoms with Crippen molar-refractivity contribution in [3.63, 3.8) is 0 Å². The molecule has 0 bridgehead atoms. The fourth-order valence-electron chi connectivity index (χ4n) is 6.74. The van der Waals surface area contributed by atoms with Crippen molar-refractivity contribution in [3.8, 4) is 5.75 Å². The van der Waals surface area contributed by atoms with E-state index in [1.807, 2.05) is 12.1 Å². The van der Waals surface area contributed by atoms with Crippen LogP contribution in [-0.4, -0.2) is 9.80 Å². The van der Waals surface area contributed by atoms with Gasteiger partial charge in [-0.3, -0.25) is 4.79 Å². The minimum atomic E-state index is -1.48. The number of halogens is 3. The highest BCUT2D eigenvalue weighted by Gasteiger charge is 2.57. The average molecular weight is 453 g/mol. The smallest absolute Gasteiger partial charge is 0.270 e. The van der Waals surface area contributed by atoms with Crippen molar-refractivity contribution in [2.24, 2.45) is 23.2 Å². The molecule has 2 fully saturated rings. The first-order valence-corrected chi connectivity index (χ1v) is 11.2. The summed E-state index contributed by atoms with van der Waals surface area (Å²) in [6, 6.07) is 5.68. The molecular formula is C23H27BrF2O2. The molecule has 4 unspecified atom stereocenters. The molecule has 0 heterocycles. The molecule has 5 atom stereocenters. The summed E-state index contributed by atoms with van der Waals surface area (Å²) in [6.45, 7) is 2.06. The van der Waals surface area contributed by atoms with Gasteiger partial charge in [-0.25, -0.2) is 0 Å². The number of phenols is 1. The molecule has 0 amide bonds. The van der Waals surface area contributed by atoms with Crippen molar-refractivity contribution < 1.29 is 18.7 Å². The van der Waals surface area contributed by atoms with E-state index in [9.17, 15) is 18.7 Å². The van der Waals surface area contributed by atoms with Gasteiger partial charge in [0.2, 0.25) is 0 Å². The average Bonchev–Trinajstić information content (AvgIpc) is 2.94. The first kappa shape index (κ1) is 20.1. The summed E-state index contributed by atoms with van der Waals surface area (Å²) in [5.41, 5.74) is 2.49. The maximum absolute atomic E-state index is 13.9. The van der Waals surface area contributed by atoms with Gasteiger partial charge in [0.15, 0.2) is 4.69 Å². The maximum Gasteiger partial charge on any atom is 0.270 e. The molecule has 0 spiro atoms. The van der Waals surface area contributed by atoms with Crippen molar-refractivity contribution in [2.75, 3.05) is 0 Å². The number of rotatable bonds is 4. The van der Waals surface area contributed by atoms with Crippen LogP contribution in [0.5, 0.6) is 5.75 Å². The van der Waals surface area contributed by atoms with E-state index in [2.05, 4.69) is 22.9 Å². The van der Waals surface area contributed by atoms with Crippen LogP contribution < -0.4 is 0 Å². The predicted octanol–water partition coefficient (Wildman–Crippen LogP) is 6.72. The fourth-order valence-corrected chi connectivity index (χ4v) is 7.02. The number of phenolic OH excluding ortho intramolecular Hbond substituents is 1. The number of hydrogen-bond donors (Lipinski definition) is 1. The van der Waals surface area contributed by atoms with Crippen LogP contribution in [0.2, 0.25) is 0 Å². The van der Waals surface area contributed by atoms with Crippen LogP contribution in [0.15, 0.2) is 29.9 Å². The third kappa shape index (κ3) is 3.34. The molecule has 5 heteroatoms. The molecule has 3 aliphatic carbocycles. The molecule has 0 radical (unpaired) electrons. The summed E-state index contributed by atoms with van der Waals surface area (Å²) in [4.78, 5) is 11.3. The van der Waals surface area contributed by atoms with Gasteiger partial charge in [0.25, 0.3) is 6.08 Å². The van der Waals surface area contributed by atoms with Crippen LogP contribution >= 0.6 is 15.9 Å². The Kier molecular flexibility index (Phi) is 5.41. The predicted molar refractivity (Wildman–Crippen MR) is 109 cm³/mol. The zero-order valence-corrected chi connectivity index (χ0v) is 17.8. The summed E-state index contributed by atoms with van der Waals surface area (Å²) in [5.74, 6) is 1.57. The zero-order valence-electron chi connectivity index (χ0n) is 16.2. The minimum absolute atomic E-state index is 0.00591. The first-order chi connectivity index (χ1) is 13.3. The Bertz CT molecular complexity index is 817. The van der Waals surface area contributed by atoms with Crippen molar-refractivity contribution in [3.05, 3.63) is 41.0 Å². The Morgan fingerprint density at radius 2 is 2.11 bits per heavy atom. The van der Waals surface area contributed by atoms with E-state index in [1.54, 1.807) is 6.07 Å². The molecule has 28 heavy (non-hydrogen) atoms. The number of carbonyl (C=O) groups is 1. The summed E-state index contributed by atoms with van der Waals surface area (Å²) in [5, 5.41) is 9.83. The van der Waals surface area contributed by atoms with Gasteiger partial charge in [-0.2, -0.15) is 8.78 Å². The second kappa shape index (κ2) is 7.55. The lowest BCUT2D eigenvalue weighted by molar-refractivity contribution is -0.110. The van der Waals surface area contributed by atoms with Gasteiger partial charge in [0.05, 0.1) is 0 Å². The molecule has 0 aliphatic heterocycles. The highest BCUT2D eigenvalue weighted by atomic mass is 79.9. The zero-order chi connectivity index (χ0) is 20.1. The van der Waals surface area contributed by atoms with Gasteiger partial charge in [-0.15, -0.1) is 0 Å². The molecule has 1 aromatic carbocycles. The third-order valence-electron chi connectivity index (χ3n) is 7.80. The normalized spacial score (nSPS) is 33.8. The summed E-state index contributed by atoms with van der Waals surface area (Å²) in [7, 11) is 0. The lowest BCUT2D eigenvalue weighted by Gasteiger charge is -2.51. The Labute approximate surface area is 173 Å². The largest absolute Gasteiger partial charge is 0.508 e. The van der Waals surface area contributed by atoms with E-state index in [4.69, 9.17) is 0 Å². The molecule has 1 N–H and O–H groups in total. The fraction of sp³-hybridized carbons (Fsp3) is 0.609. The maximum atomic E-state index is 13.9. The van der Waals surface area contributed by atoms with Crippen LogP contribution in [-0.2, 0) is 11.2 Å². The molecule has 0 saturated heterocycles. The third-order valence-corrected chi connectivity index (χ3v) is 8.20. The standard InChI is InChI=1S/C23H27BrF2O2/c1-23-10-9-17-16-8-6-15(27)11-13(16)5-7-18(17)21(23)14(3-2-4-20(24)28)12-19(23)22(25)26/h6,8,11,14,17-18,21,27H,2-5,7,9-10,12H2,1H3/t14?,17?,18?,21?,23-/m1/s1. The first-order valence-electron chi connectivity index (χ1n) is 10.4. The van der Waals surface area contributed by atoms with E-state index < -0.39 is 11.5 Å². The van der Waals surface area contributed by atoms with E-state index in [0.717, 1.165) is 38.5 Å². The van der Waals surface area contributed by atoms with Gasteiger partial charge in [0.1, 0.15) is 5.75 Å². The van der Waals surface area contributed by atoms with Gasteiger partial charge >= 0.3 is 0 Å². The summed E-state index contributed by atoms with van der Waals surface area (Å²) in [6.07, 6.45) is 4.67. The summed E-state index contributed by atoms with van der Waals surface area (Å²) >= 11 is 2.99. The van der Waals surface area contributed by atoms with Gasteiger partial charge in [-0.1, -0.05) is 13.0 Å². The van der Waals surface area contributed by atoms with Crippen molar-refractivity contribution in [1.29, 1.82) is 0 Å². The molecule has 1 aromatic rings. The van der Waals surface area contributed by atoms with E-state index in [-0.39, 0.29) is 16.5 Å². The number of aryl methyl sites for hydroxylation is 1. The molecule has 3 aliphatic rings. The second-order valence-corrected chi connectivity index (χ2v) is 10.0. The van der Waals surface area contributed by atoms with Crippen molar-refractivity contribution in [2.45, 2.75) is 64.2 Å². The van der Waals surface area contributed by atoms with E-state index >= 15 is 0 Å². The molecule has 2 nitrogen and oxygen atoms in total. The van der Waals surface area contributed by atoms with Crippen molar-refractivity contribution in [1.82, 2.24) is 0 Å². The number of allylic oxidation sites excluding steroid dienone is 1. The van der Waals surface area contributed by atoms with Crippen LogP contribution in [0.3, 0.4) is 0 Å². The molecule has 2 saturated carbocycles. The van der Waals surface area contributed by atoms with Crippen LogP contribution in [0.25, 0.3) is 0 Å². The van der Waals surface area contributed by atoms with E-state index in [1.165, 1.54) is 11.1 Å². The second-order valence-electron chi connectivity index (χ2n) is 9.12. The Morgan fingerprint density at radius 1 is 1.32 bits per heavy atom. The Hall–Kier alpha value is -1.23. The highest BCUT2D eigenvalue weighted by Crippen LogP contribution is 2.66.